The summed E-state index contributed by atoms with van der Waals surface area (Å²) < 4.78 is 37.5. The summed E-state index contributed by atoms with van der Waals surface area (Å²) in [6.45, 7) is 2.02. The van der Waals surface area contributed by atoms with Crippen LogP contribution in [0.2, 0.25) is 0 Å². The zero-order valence-corrected chi connectivity index (χ0v) is 12.9. The van der Waals surface area contributed by atoms with Gasteiger partial charge in [0, 0.05) is 30.9 Å². The predicted molar refractivity (Wildman–Crippen MR) is 86.1 cm³/mol. The van der Waals surface area contributed by atoms with Crippen molar-refractivity contribution in [2.24, 2.45) is 0 Å². The van der Waals surface area contributed by atoms with E-state index in [-0.39, 0.29) is 11.5 Å². The Labute approximate surface area is 138 Å². The van der Waals surface area contributed by atoms with Gasteiger partial charge >= 0.3 is 6.18 Å². The van der Waals surface area contributed by atoms with E-state index in [2.05, 4.69) is 22.3 Å². The topological polar surface area (TPSA) is 32.3 Å². The van der Waals surface area contributed by atoms with E-state index in [1.165, 1.54) is 23.4 Å². The second kappa shape index (κ2) is 6.55. The molecule has 3 rings (SSSR count). The van der Waals surface area contributed by atoms with Gasteiger partial charge in [0.25, 0.3) is 5.91 Å². The molecular formula is C18H17F3N2O. The highest BCUT2D eigenvalue weighted by molar-refractivity contribution is 5.94. The van der Waals surface area contributed by atoms with Gasteiger partial charge in [-0.05, 0) is 42.3 Å². The smallest absolute Gasteiger partial charge is 0.369 e. The lowest BCUT2D eigenvalue weighted by Gasteiger charge is -2.19. The molecule has 0 aromatic heterocycles. The van der Waals surface area contributed by atoms with E-state index in [9.17, 15) is 18.0 Å². The van der Waals surface area contributed by atoms with Gasteiger partial charge in [-0.15, -0.1) is 0 Å². The summed E-state index contributed by atoms with van der Waals surface area (Å²) in [6, 6.07) is 12.4. The summed E-state index contributed by atoms with van der Waals surface area (Å²) in [5, 5.41) is 2.75. The third-order valence-corrected chi connectivity index (χ3v) is 4.13. The quantitative estimate of drug-likeness (QED) is 0.928. The molecule has 1 heterocycles. The Kier molecular flexibility index (Phi) is 4.46. The molecule has 0 bridgehead atoms. The van der Waals surface area contributed by atoms with E-state index in [0.29, 0.717) is 13.1 Å². The molecule has 0 fully saturated rings. The number of halogens is 3. The molecule has 0 unspecified atom stereocenters. The average Bonchev–Trinajstić information content (AvgIpc) is 2.97. The zero-order chi connectivity index (χ0) is 17.2. The maximum absolute atomic E-state index is 12.5. The molecule has 1 aliphatic rings. The minimum atomic E-state index is -4.39. The van der Waals surface area contributed by atoms with Crippen molar-refractivity contribution < 1.29 is 18.0 Å². The first-order valence-electron chi connectivity index (χ1n) is 7.73. The van der Waals surface area contributed by atoms with Gasteiger partial charge in [-0.1, -0.05) is 18.2 Å². The second-order valence-corrected chi connectivity index (χ2v) is 5.70. The van der Waals surface area contributed by atoms with E-state index in [1.807, 2.05) is 12.1 Å². The van der Waals surface area contributed by atoms with Crippen LogP contribution in [0.25, 0.3) is 0 Å². The SMILES string of the molecule is O=C(NCCN1CCc2ccccc21)c1ccc(C(F)(F)F)cc1. The van der Waals surface area contributed by atoms with Crippen molar-refractivity contribution >= 4 is 11.6 Å². The number of anilines is 1. The van der Waals surface area contributed by atoms with Crippen LogP contribution >= 0.6 is 0 Å². The lowest BCUT2D eigenvalue weighted by molar-refractivity contribution is -0.137. The summed E-state index contributed by atoms with van der Waals surface area (Å²) in [6.07, 6.45) is -3.40. The van der Waals surface area contributed by atoms with Crippen molar-refractivity contribution in [1.29, 1.82) is 0 Å². The van der Waals surface area contributed by atoms with Crippen molar-refractivity contribution in [2.75, 3.05) is 24.5 Å². The summed E-state index contributed by atoms with van der Waals surface area (Å²) in [4.78, 5) is 14.2. The van der Waals surface area contributed by atoms with E-state index in [0.717, 1.165) is 25.1 Å². The minimum Gasteiger partial charge on any atom is -0.369 e. The number of alkyl halides is 3. The lowest BCUT2D eigenvalue weighted by Crippen LogP contribution is -2.34. The van der Waals surface area contributed by atoms with Gasteiger partial charge in [-0.3, -0.25) is 4.79 Å². The van der Waals surface area contributed by atoms with Gasteiger partial charge in [0.05, 0.1) is 5.56 Å². The lowest BCUT2D eigenvalue weighted by atomic mass is 10.1. The van der Waals surface area contributed by atoms with E-state index < -0.39 is 11.7 Å². The number of nitrogens with zero attached hydrogens (tertiary/aromatic N) is 1. The van der Waals surface area contributed by atoms with Crippen LogP contribution in [-0.2, 0) is 12.6 Å². The molecular weight excluding hydrogens is 317 g/mol. The number of nitrogens with one attached hydrogen (secondary N) is 1. The molecule has 1 aliphatic heterocycles. The fourth-order valence-corrected chi connectivity index (χ4v) is 2.86. The number of para-hydroxylation sites is 1. The largest absolute Gasteiger partial charge is 0.416 e. The number of amides is 1. The number of hydrogen-bond donors (Lipinski definition) is 1. The van der Waals surface area contributed by atoms with E-state index in [4.69, 9.17) is 0 Å². The van der Waals surface area contributed by atoms with E-state index in [1.54, 1.807) is 0 Å². The number of carbonyl (C=O) groups is 1. The maximum atomic E-state index is 12.5. The van der Waals surface area contributed by atoms with Crippen LogP contribution < -0.4 is 10.2 Å². The summed E-state index contributed by atoms with van der Waals surface area (Å²) in [5.74, 6) is -0.365. The number of fused-ring (bicyclic) bond motifs is 1. The van der Waals surface area contributed by atoms with Crippen LogP contribution in [0.1, 0.15) is 21.5 Å². The van der Waals surface area contributed by atoms with Gasteiger partial charge < -0.3 is 10.2 Å². The van der Waals surface area contributed by atoms with Crippen LogP contribution in [0.5, 0.6) is 0 Å². The van der Waals surface area contributed by atoms with Gasteiger partial charge in [-0.2, -0.15) is 13.2 Å². The average molecular weight is 334 g/mol. The third-order valence-electron chi connectivity index (χ3n) is 4.13. The zero-order valence-electron chi connectivity index (χ0n) is 12.9. The van der Waals surface area contributed by atoms with Crippen molar-refractivity contribution in [3.8, 4) is 0 Å². The number of benzene rings is 2. The standard InChI is InChI=1S/C18H17F3N2O/c19-18(20,21)15-7-5-14(6-8-15)17(24)22-10-12-23-11-9-13-3-1-2-4-16(13)23/h1-8H,9-12H2,(H,22,24). The highest BCUT2D eigenvalue weighted by atomic mass is 19.4. The summed E-state index contributed by atoms with van der Waals surface area (Å²) >= 11 is 0. The Hall–Kier alpha value is -2.50. The van der Waals surface area contributed by atoms with Crippen molar-refractivity contribution in [2.45, 2.75) is 12.6 Å². The molecule has 0 saturated heterocycles. The van der Waals surface area contributed by atoms with Gasteiger partial charge in [0.15, 0.2) is 0 Å². The first-order chi connectivity index (χ1) is 11.4. The molecule has 3 nitrogen and oxygen atoms in total. The molecule has 0 radical (unpaired) electrons. The first-order valence-corrected chi connectivity index (χ1v) is 7.73. The normalized spacial score (nSPS) is 13.7. The molecule has 1 N–H and O–H groups in total. The fourth-order valence-electron chi connectivity index (χ4n) is 2.86. The predicted octanol–water partition coefficient (Wildman–Crippen LogP) is 3.50. The molecule has 2 aromatic rings. The highest BCUT2D eigenvalue weighted by Crippen LogP contribution is 2.29. The molecule has 126 valence electrons. The first kappa shape index (κ1) is 16.4. The fraction of sp³-hybridized carbons (Fsp3) is 0.278. The number of rotatable bonds is 4. The van der Waals surface area contributed by atoms with Gasteiger partial charge in [0.2, 0.25) is 0 Å². The van der Waals surface area contributed by atoms with Gasteiger partial charge in [-0.25, -0.2) is 0 Å². The summed E-state index contributed by atoms with van der Waals surface area (Å²) in [5.41, 5.74) is 1.95. The Morgan fingerprint density at radius 3 is 2.50 bits per heavy atom. The second-order valence-electron chi connectivity index (χ2n) is 5.70. The molecule has 2 aromatic carbocycles. The van der Waals surface area contributed by atoms with Crippen molar-refractivity contribution in [1.82, 2.24) is 5.32 Å². The molecule has 0 atom stereocenters. The molecule has 0 aliphatic carbocycles. The number of hydrogen-bond acceptors (Lipinski definition) is 2. The van der Waals surface area contributed by atoms with E-state index >= 15 is 0 Å². The Balaban J connectivity index is 1.53. The van der Waals surface area contributed by atoms with Gasteiger partial charge in [0.1, 0.15) is 0 Å². The maximum Gasteiger partial charge on any atom is 0.416 e. The minimum absolute atomic E-state index is 0.227. The molecule has 6 heteroatoms. The molecule has 1 amide bonds. The van der Waals surface area contributed by atoms with Crippen LogP contribution in [0, 0.1) is 0 Å². The monoisotopic (exact) mass is 334 g/mol. The third kappa shape index (κ3) is 3.53. The van der Waals surface area contributed by atoms with Crippen LogP contribution in [0.15, 0.2) is 48.5 Å². The number of carbonyl (C=O) groups excluding carboxylic acids is 1. The molecule has 0 saturated carbocycles. The molecule has 24 heavy (non-hydrogen) atoms. The summed E-state index contributed by atoms with van der Waals surface area (Å²) in [7, 11) is 0. The molecule has 0 spiro atoms. The van der Waals surface area contributed by atoms with Crippen LogP contribution in [-0.4, -0.2) is 25.5 Å². The Bertz CT molecular complexity index is 726. The highest BCUT2D eigenvalue weighted by Gasteiger charge is 2.30. The van der Waals surface area contributed by atoms with Crippen LogP contribution in [0.3, 0.4) is 0 Å². The van der Waals surface area contributed by atoms with Crippen molar-refractivity contribution in [3.63, 3.8) is 0 Å². The van der Waals surface area contributed by atoms with Crippen molar-refractivity contribution in [3.05, 3.63) is 65.2 Å². The van der Waals surface area contributed by atoms with Crippen LogP contribution in [0.4, 0.5) is 18.9 Å². The Morgan fingerprint density at radius 1 is 1.08 bits per heavy atom. The Morgan fingerprint density at radius 2 is 1.79 bits per heavy atom.